The molecule has 1 fully saturated rings. The number of aliphatic carboxylic acids is 1. The van der Waals surface area contributed by atoms with Crippen molar-refractivity contribution < 1.29 is 24.3 Å². The van der Waals surface area contributed by atoms with E-state index in [-0.39, 0.29) is 5.89 Å². The Morgan fingerprint density at radius 2 is 2.15 bits per heavy atom. The number of nitrogens with zero attached hydrogens (tertiary/aromatic N) is 2. The molecular formula is C16H17ClN4O5. The van der Waals surface area contributed by atoms with E-state index < -0.39 is 24.1 Å². The molecule has 1 aromatic heterocycles. The first kappa shape index (κ1) is 18.2. The molecule has 0 bridgehead atoms. The van der Waals surface area contributed by atoms with E-state index in [2.05, 4.69) is 20.8 Å². The van der Waals surface area contributed by atoms with E-state index in [9.17, 15) is 14.7 Å². The highest BCUT2D eigenvalue weighted by Gasteiger charge is 2.31. The van der Waals surface area contributed by atoms with Gasteiger partial charge in [-0.25, -0.2) is 9.59 Å². The summed E-state index contributed by atoms with van der Waals surface area (Å²) in [5, 5.41) is 27.7. The highest BCUT2D eigenvalue weighted by atomic mass is 35.5. The standard InChI is InChI=1S/C16H17ClN4O5/c1-16(25,14(22)23)7-18-15(24)19-11-6-9(17)4-5-10(11)13-20-12(21-26-13)8-2-3-8/h4-6,8,25H,2-3,7H2,1H3,(H,22,23)(H2,18,19,24). The third-order valence-corrected chi connectivity index (χ3v) is 4.13. The van der Waals surface area contributed by atoms with Crippen molar-refractivity contribution in [2.75, 3.05) is 11.9 Å². The van der Waals surface area contributed by atoms with Crippen molar-refractivity contribution in [2.45, 2.75) is 31.3 Å². The number of nitrogens with one attached hydrogen (secondary N) is 2. The predicted octanol–water partition coefficient (Wildman–Crippen LogP) is 2.22. The smallest absolute Gasteiger partial charge is 0.337 e. The van der Waals surface area contributed by atoms with Crippen LogP contribution in [0.1, 0.15) is 31.5 Å². The van der Waals surface area contributed by atoms with Crippen molar-refractivity contribution >= 4 is 29.3 Å². The van der Waals surface area contributed by atoms with Crippen LogP contribution < -0.4 is 10.6 Å². The van der Waals surface area contributed by atoms with Gasteiger partial charge in [0.05, 0.1) is 17.8 Å². The van der Waals surface area contributed by atoms with Crippen LogP contribution in [0.5, 0.6) is 0 Å². The van der Waals surface area contributed by atoms with Crippen LogP contribution in [0.25, 0.3) is 11.5 Å². The molecule has 0 aliphatic heterocycles. The highest BCUT2D eigenvalue weighted by molar-refractivity contribution is 6.31. The lowest BCUT2D eigenvalue weighted by Crippen LogP contribution is -2.47. The second-order valence-corrected chi connectivity index (χ2v) is 6.75. The topological polar surface area (TPSA) is 138 Å². The fourth-order valence-electron chi connectivity index (χ4n) is 2.15. The third kappa shape index (κ3) is 4.12. The average molecular weight is 381 g/mol. The van der Waals surface area contributed by atoms with Crippen LogP contribution in [-0.2, 0) is 4.79 Å². The van der Waals surface area contributed by atoms with Crippen LogP contribution in [0.2, 0.25) is 5.02 Å². The van der Waals surface area contributed by atoms with Gasteiger partial charge in [0.1, 0.15) is 0 Å². The number of amides is 2. The van der Waals surface area contributed by atoms with Gasteiger partial charge in [-0.2, -0.15) is 4.98 Å². The van der Waals surface area contributed by atoms with Crippen molar-refractivity contribution in [3.63, 3.8) is 0 Å². The Morgan fingerprint density at radius 3 is 2.81 bits per heavy atom. The van der Waals surface area contributed by atoms with E-state index >= 15 is 0 Å². The Kier molecular flexibility index (Phi) is 4.84. The summed E-state index contributed by atoms with van der Waals surface area (Å²) in [5.41, 5.74) is -1.29. The number of anilines is 1. The van der Waals surface area contributed by atoms with Crippen molar-refractivity contribution in [2.24, 2.45) is 0 Å². The summed E-state index contributed by atoms with van der Waals surface area (Å²) in [7, 11) is 0. The molecule has 1 heterocycles. The first-order chi connectivity index (χ1) is 12.3. The number of carboxylic acids is 1. The van der Waals surface area contributed by atoms with Gasteiger partial charge in [0.2, 0.25) is 0 Å². The molecule has 0 saturated heterocycles. The van der Waals surface area contributed by atoms with E-state index in [0.717, 1.165) is 19.8 Å². The summed E-state index contributed by atoms with van der Waals surface area (Å²) in [6.45, 7) is 0.606. The van der Waals surface area contributed by atoms with Gasteiger partial charge in [-0.3, -0.25) is 0 Å². The molecule has 138 valence electrons. The van der Waals surface area contributed by atoms with E-state index in [1.165, 1.54) is 6.07 Å². The maximum atomic E-state index is 12.1. The summed E-state index contributed by atoms with van der Waals surface area (Å²) in [6.07, 6.45) is 2.05. The number of aromatic nitrogens is 2. The number of carbonyl (C=O) groups is 2. The van der Waals surface area contributed by atoms with Gasteiger partial charge in [-0.1, -0.05) is 16.8 Å². The zero-order valence-electron chi connectivity index (χ0n) is 13.8. The Morgan fingerprint density at radius 1 is 1.42 bits per heavy atom. The molecule has 4 N–H and O–H groups in total. The Hall–Kier alpha value is -2.65. The van der Waals surface area contributed by atoms with Crippen LogP contribution in [0.15, 0.2) is 22.7 Å². The SMILES string of the molecule is CC(O)(CNC(=O)Nc1cc(Cl)ccc1-c1nc(C2CC2)no1)C(=O)O. The van der Waals surface area contributed by atoms with E-state index in [4.69, 9.17) is 21.2 Å². The van der Waals surface area contributed by atoms with Crippen LogP contribution in [0.4, 0.5) is 10.5 Å². The van der Waals surface area contributed by atoms with Crippen LogP contribution in [-0.4, -0.2) is 44.5 Å². The van der Waals surface area contributed by atoms with Crippen molar-refractivity contribution in [3.8, 4) is 11.5 Å². The monoisotopic (exact) mass is 380 g/mol. The number of hydrogen-bond acceptors (Lipinski definition) is 6. The normalized spacial score (nSPS) is 16.0. The lowest BCUT2D eigenvalue weighted by molar-refractivity contribution is -0.155. The average Bonchev–Trinajstić information content (AvgIpc) is 3.31. The summed E-state index contributed by atoms with van der Waals surface area (Å²) in [5.74, 6) is -0.253. The van der Waals surface area contributed by atoms with Crippen LogP contribution >= 0.6 is 11.6 Å². The van der Waals surface area contributed by atoms with Crippen molar-refractivity contribution in [1.82, 2.24) is 15.5 Å². The molecule has 1 unspecified atom stereocenters. The quantitative estimate of drug-likeness (QED) is 0.602. The highest BCUT2D eigenvalue weighted by Crippen LogP contribution is 2.39. The molecule has 0 spiro atoms. The fourth-order valence-corrected chi connectivity index (χ4v) is 2.32. The minimum Gasteiger partial charge on any atom is -0.479 e. The van der Waals surface area contributed by atoms with Crippen molar-refractivity contribution in [3.05, 3.63) is 29.0 Å². The van der Waals surface area contributed by atoms with Gasteiger partial charge in [0.25, 0.3) is 5.89 Å². The summed E-state index contributed by atoms with van der Waals surface area (Å²) < 4.78 is 5.27. The zero-order valence-corrected chi connectivity index (χ0v) is 14.6. The van der Waals surface area contributed by atoms with E-state index in [0.29, 0.717) is 28.0 Å². The molecule has 3 rings (SSSR count). The molecule has 2 amide bonds. The Balaban J connectivity index is 1.75. The van der Waals surface area contributed by atoms with E-state index in [1.807, 2.05) is 0 Å². The molecule has 1 aliphatic carbocycles. The lowest BCUT2D eigenvalue weighted by atomic mass is 10.1. The maximum absolute atomic E-state index is 12.1. The summed E-state index contributed by atoms with van der Waals surface area (Å²) in [6, 6.07) is 4.05. The Labute approximate surface area is 153 Å². The number of aliphatic hydroxyl groups is 1. The predicted molar refractivity (Wildman–Crippen MR) is 92.0 cm³/mol. The first-order valence-corrected chi connectivity index (χ1v) is 8.28. The molecule has 1 saturated carbocycles. The molecule has 1 atom stereocenters. The minimum absolute atomic E-state index is 0.247. The molecule has 2 aromatic rings. The Bertz CT molecular complexity index is 847. The van der Waals surface area contributed by atoms with E-state index in [1.54, 1.807) is 12.1 Å². The summed E-state index contributed by atoms with van der Waals surface area (Å²) >= 11 is 5.99. The third-order valence-electron chi connectivity index (χ3n) is 3.90. The molecule has 1 aromatic carbocycles. The fraction of sp³-hybridized carbons (Fsp3) is 0.375. The number of carboxylic acid groups (broad SMARTS) is 1. The molecule has 26 heavy (non-hydrogen) atoms. The van der Waals surface area contributed by atoms with Gasteiger partial charge >= 0.3 is 12.0 Å². The number of hydrogen-bond donors (Lipinski definition) is 4. The largest absolute Gasteiger partial charge is 0.479 e. The number of carbonyl (C=O) groups excluding carboxylic acids is 1. The van der Waals surface area contributed by atoms with Gasteiger partial charge in [0, 0.05) is 10.9 Å². The van der Waals surface area contributed by atoms with Gasteiger partial charge in [0.15, 0.2) is 11.4 Å². The lowest BCUT2D eigenvalue weighted by Gasteiger charge is -2.18. The number of benzene rings is 1. The molecular weight excluding hydrogens is 364 g/mol. The second-order valence-electron chi connectivity index (χ2n) is 6.31. The van der Waals surface area contributed by atoms with Crippen molar-refractivity contribution in [1.29, 1.82) is 0 Å². The molecule has 0 radical (unpaired) electrons. The molecule has 9 nitrogen and oxygen atoms in total. The van der Waals surface area contributed by atoms with Gasteiger partial charge in [-0.15, -0.1) is 0 Å². The summed E-state index contributed by atoms with van der Waals surface area (Å²) in [4.78, 5) is 27.3. The number of rotatable bonds is 6. The number of halogens is 1. The van der Waals surface area contributed by atoms with Gasteiger partial charge < -0.3 is 25.4 Å². The van der Waals surface area contributed by atoms with Gasteiger partial charge in [-0.05, 0) is 38.0 Å². The minimum atomic E-state index is -2.08. The second kappa shape index (κ2) is 6.93. The maximum Gasteiger partial charge on any atom is 0.337 e. The van der Waals surface area contributed by atoms with Crippen LogP contribution in [0.3, 0.4) is 0 Å². The zero-order chi connectivity index (χ0) is 18.9. The number of urea groups is 1. The molecule has 10 heteroatoms. The first-order valence-electron chi connectivity index (χ1n) is 7.90. The molecule has 1 aliphatic rings. The van der Waals surface area contributed by atoms with Crippen LogP contribution in [0, 0.1) is 0 Å².